The third kappa shape index (κ3) is 5.79. The average Bonchev–Trinajstić information content (AvgIpc) is 3.94. The van der Waals surface area contributed by atoms with Gasteiger partial charge >= 0.3 is 0 Å². The Morgan fingerprint density at radius 3 is 1.56 bits per heavy atom. The molecule has 0 bridgehead atoms. The highest BCUT2D eigenvalue weighted by Gasteiger charge is 2.51. The van der Waals surface area contributed by atoms with Crippen LogP contribution < -0.4 is 9.80 Å². The quantitative estimate of drug-likeness (QED) is 0.148. The van der Waals surface area contributed by atoms with Gasteiger partial charge in [0.05, 0.1) is 27.8 Å². The van der Waals surface area contributed by atoms with Crippen LogP contribution in [0.25, 0.3) is 71.3 Å². The Hall–Kier alpha value is -9.44. The Morgan fingerprint density at radius 1 is 0.292 bits per heavy atom. The third-order valence-corrected chi connectivity index (χ3v) is 15.5. The lowest BCUT2D eigenvalue weighted by Crippen LogP contribution is -2.33. The van der Waals surface area contributed by atoms with E-state index in [-0.39, 0.29) is 0 Å². The molecule has 336 valence electrons. The lowest BCUT2D eigenvalue weighted by atomic mass is 9.65. The summed E-state index contributed by atoms with van der Waals surface area (Å²) < 4.78 is 2.54. The van der Waals surface area contributed by atoms with E-state index in [0.29, 0.717) is 0 Å². The summed E-state index contributed by atoms with van der Waals surface area (Å²) in [6.07, 6.45) is 0. The molecule has 0 saturated heterocycles. The maximum atomic E-state index is 2.54. The van der Waals surface area contributed by atoms with Crippen LogP contribution in [-0.2, 0) is 5.41 Å². The molecule has 3 nitrogen and oxygen atoms in total. The smallest absolute Gasteiger partial charge is 0.0756 e. The molecule has 72 heavy (non-hydrogen) atoms. The zero-order valence-electron chi connectivity index (χ0n) is 39.3. The van der Waals surface area contributed by atoms with Gasteiger partial charge in [-0.05, 0) is 140 Å². The van der Waals surface area contributed by atoms with E-state index >= 15 is 0 Å². The van der Waals surface area contributed by atoms with Crippen LogP contribution in [0, 0.1) is 0 Å². The van der Waals surface area contributed by atoms with Crippen molar-refractivity contribution in [1.29, 1.82) is 0 Å². The van der Waals surface area contributed by atoms with Crippen LogP contribution in [0.5, 0.6) is 0 Å². The minimum atomic E-state index is -0.709. The molecule has 2 aliphatic rings. The number of para-hydroxylation sites is 5. The first kappa shape index (κ1) is 40.4. The summed E-state index contributed by atoms with van der Waals surface area (Å²) in [4.78, 5) is 4.92. The molecule has 2 heterocycles. The maximum Gasteiger partial charge on any atom is 0.0756 e. The summed E-state index contributed by atoms with van der Waals surface area (Å²) in [5.74, 6) is 0. The second kappa shape index (κ2) is 15.8. The Labute approximate surface area is 418 Å². The van der Waals surface area contributed by atoms with Gasteiger partial charge in [0.15, 0.2) is 0 Å². The highest BCUT2D eigenvalue weighted by atomic mass is 15.2. The third-order valence-electron chi connectivity index (χ3n) is 15.5. The molecular formula is C69H45N3. The molecule has 1 unspecified atom stereocenters. The number of benzene rings is 12. The molecule has 1 spiro atoms. The van der Waals surface area contributed by atoms with Gasteiger partial charge < -0.3 is 14.4 Å². The first-order valence-corrected chi connectivity index (χ1v) is 24.9. The van der Waals surface area contributed by atoms with Crippen molar-refractivity contribution in [1.82, 2.24) is 4.57 Å². The van der Waals surface area contributed by atoms with Crippen LogP contribution in [0.3, 0.4) is 0 Å². The van der Waals surface area contributed by atoms with Gasteiger partial charge in [0, 0.05) is 44.6 Å². The van der Waals surface area contributed by atoms with Crippen molar-refractivity contribution >= 4 is 77.5 Å². The minimum Gasteiger partial charge on any atom is -0.310 e. The van der Waals surface area contributed by atoms with Crippen molar-refractivity contribution < 1.29 is 0 Å². The molecule has 1 aliphatic heterocycles. The van der Waals surface area contributed by atoms with Gasteiger partial charge in [-0.2, -0.15) is 0 Å². The number of hydrogen-bond acceptors (Lipinski definition) is 2. The highest BCUT2D eigenvalue weighted by molar-refractivity contribution is 6.15. The normalized spacial score (nSPS) is 14.2. The van der Waals surface area contributed by atoms with Crippen molar-refractivity contribution in [3.8, 4) is 27.9 Å². The van der Waals surface area contributed by atoms with Crippen molar-refractivity contribution in [2.24, 2.45) is 0 Å². The highest BCUT2D eigenvalue weighted by Crippen LogP contribution is 2.63. The standard InChI is InChI=1S/C69H45N3/c1-4-20-46(21-5-1)47-23-18-28-51(42-47)70(49-24-6-2-7-25-49)52-38-40-56-57-41-39-53(71(50-26-8-3-9-27-50)67-43-48-22-10-11-29-54(48)55-30-12-13-31-58(55)67)45-64(57)69(63(56)44-52)61-34-15-17-37-66(61)72-65-36-16-14-32-59(65)60-33-19-35-62(69)68(60)72/h1-45H. The van der Waals surface area contributed by atoms with E-state index in [4.69, 9.17) is 0 Å². The fourth-order valence-electron chi connectivity index (χ4n) is 12.6. The van der Waals surface area contributed by atoms with Gasteiger partial charge in [-0.1, -0.05) is 194 Å². The van der Waals surface area contributed by atoms with E-state index < -0.39 is 5.41 Å². The van der Waals surface area contributed by atoms with E-state index in [9.17, 15) is 0 Å². The lowest BCUT2D eigenvalue weighted by Gasteiger charge is -2.40. The van der Waals surface area contributed by atoms with E-state index in [2.05, 4.69) is 287 Å². The number of nitrogens with zero attached hydrogens (tertiary/aromatic N) is 3. The topological polar surface area (TPSA) is 11.4 Å². The molecule has 1 aromatic heterocycles. The summed E-state index contributed by atoms with van der Waals surface area (Å²) in [6, 6.07) is 101. The van der Waals surface area contributed by atoms with Gasteiger partial charge in [-0.15, -0.1) is 0 Å². The molecule has 0 fully saturated rings. The van der Waals surface area contributed by atoms with Gasteiger partial charge in [0.2, 0.25) is 0 Å². The SMILES string of the molecule is c1ccc(-c2cccc(N(c3ccccc3)c3ccc4c(c3)C3(c5cc(N(c6ccccc6)c6cc7ccccc7c7ccccc67)ccc5-4)c4ccccc4-n4c5ccccc5c5cccc3c54)c2)cc1. The molecule has 1 atom stereocenters. The molecule has 13 aromatic rings. The van der Waals surface area contributed by atoms with Gasteiger partial charge in [0.1, 0.15) is 0 Å². The van der Waals surface area contributed by atoms with E-state index in [1.807, 2.05) is 0 Å². The van der Waals surface area contributed by atoms with Crippen LogP contribution in [-0.4, -0.2) is 4.57 Å². The first-order chi connectivity index (χ1) is 35.7. The summed E-state index contributed by atoms with van der Waals surface area (Å²) >= 11 is 0. The minimum absolute atomic E-state index is 0.709. The molecule has 15 rings (SSSR count). The Morgan fingerprint density at radius 2 is 0.806 bits per heavy atom. The second-order valence-electron chi connectivity index (χ2n) is 19.2. The van der Waals surface area contributed by atoms with Crippen molar-refractivity contribution in [3.63, 3.8) is 0 Å². The predicted molar refractivity (Wildman–Crippen MR) is 301 cm³/mol. The van der Waals surface area contributed by atoms with Crippen LogP contribution in [0.15, 0.2) is 273 Å². The molecule has 1 aliphatic carbocycles. The fraction of sp³-hybridized carbons (Fsp3) is 0.0145. The largest absolute Gasteiger partial charge is 0.310 e. The Kier molecular flexibility index (Phi) is 8.87. The van der Waals surface area contributed by atoms with Gasteiger partial charge in [-0.25, -0.2) is 0 Å². The molecule has 12 aromatic carbocycles. The van der Waals surface area contributed by atoms with Gasteiger partial charge in [-0.3, -0.25) is 0 Å². The predicted octanol–water partition coefficient (Wildman–Crippen LogP) is 18.4. The molecule has 3 heteroatoms. The number of hydrogen-bond donors (Lipinski definition) is 0. The van der Waals surface area contributed by atoms with E-state index in [0.717, 1.165) is 34.1 Å². The van der Waals surface area contributed by atoms with Crippen LogP contribution >= 0.6 is 0 Å². The average molecular weight is 916 g/mol. The van der Waals surface area contributed by atoms with Gasteiger partial charge in [0.25, 0.3) is 0 Å². The van der Waals surface area contributed by atoms with Crippen molar-refractivity contribution in [3.05, 3.63) is 295 Å². The first-order valence-electron chi connectivity index (χ1n) is 24.9. The summed E-state index contributed by atoms with van der Waals surface area (Å²) in [5.41, 5.74) is 19.5. The zero-order valence-corrected chi connectivity index (χ0v) is 39.3. The lowest BCUT2D eigenvalue weighted by molar-refractivity contribution is 0.748. The fourth-order valence-corrected chi connectivity index (χ4v) is 12.6. The van der Waals surface area contributed by atoms with Crippen LogP contribution in [0.1, 0.15) is 22.3 Å². The molecule has 0 radical (unpaired) electrons. The maximum absolute atomic E-state index is 2.54. The molecular weight excluding hydrogens is 871 g/mol. The van der Waals surface area contributed by atoms with Crippen LogP contribution in [0.2, 0.25) is 0 Å². The summed E-state index contributed by atoms with van der Waals surface area (Å²) in [6.45, 7) is 0. The summed E-state index contributed by atoms with van der Waals surface area (Å²) in [5, 5.41) is 7.43. The van der Waals surface area contributed by atoms with Crippen LogP contribution in [0.4, 0.5) is 34.1 Å². The molecule has 0 amide bonds. The van der Waals surface area contributed by atoms with E-state index in [1.54, 1.807) is 0 Å². The number of anilines is 6. The molecule has 0 N–H and O–H groups in total. The number of aromatic nitrogens is 1. The van der Waals surface area contributed by atoms with E-state index in [1.165, 1.54) is 93.5 Å². The Balaban J connectivity index is 1.04. The monoisotopic (exact) mass is 915 g/mol. The summed E-state index contributed by atoms with van der Waals surface area (Å²) in [7, 11) is 0. The van der Waals surface area contributed by atoms with Crippen molar-refractivity contribution in [2.45, 2.75) is 5.41 Å². The second-order valence-corrected chi connectivity index (χ2v) is 19.2. The number of fused-ring (bicyclic) bond motifs is 15. The van der Waals surface area contributed by atoms with Crippen molar-refractivity contribution in [2.75, 3.05) is 9.80 Å². The zero-order chi connectivity index (χ0) is 47.3. The number of rotatable bonds is 7. The molecule has 0 saturated carbocycles. The Bertz CT molecular complexity index is 4290.